The minimum absolute atomic E-state index is 0.0893. The molecule has 0 spiro atoms. The van der Waals surface area contributed by atoms with Crippen molar-refractivity contribution in [2.24, 2.45) is 0 Å². The van der Waals surface area contributed by atoms with E-state index < -0.39 is 5.97 Å². The number of amides is 1. The van der Waals surface area contributed by atoms with Gasteiger partial charge in [0.2, 0.25) is 0 Å². The maximum Gasteiger partial charge on any atom is 0.325 e. The average Bonchev–Trinajstić information content (AvgIpc) is 2.45. The van der Waals surface area contributed by atoms with E-state index in [1.807, 2.05) is 12.1 Å². The van der Waals surface area contributed by atoms with Crippen LogP contribution in [0, 0.1) is 3.57 Å². The molecule has 5 nitrogen and oxygen atoms in total. The first-order valence-electron chi connectivity index (χ1n) is 6.38. The van der Waals surface area contributed by atoms with Gasteiger partial charge in [-0.15, -0.1) is 0 Å². The van der Waals surface area contributed by atoms with Gasteiger partial charge in [-0.1, -0.05) is 0 Å². The molecule has 116 valence electrons. The Labute approximate surface area is 146 Å². The van der Waals surface area contributed by atoms with Crippen molar-refractivity contribution < 1.29 is 19.1 Å². The van der Waals surface area contributed by atoms with Gasteiger partial charge in [0.15, 0.2) is 0 Å². The molecule has 1 aromatic carbocycles. The molecule has 0 aromatic heterocycles. The highest BCUT2D eigenvalue weighted by atomic mass is 127. The van der Waals surface area contributed by atoms with E-state index in [1.54, 1.807) is 20.1 Å². The number of halogens is 2. The first-order chi connectivity index (χ1) is 9.99. The Morgan fingerprint density at radius 2 is 2.10 bits per heavy atom. The second-order valence-electron chi connectivity index (χ2n) is 4.15. The van der Waals surface area contributed by atoms with Crippen molar-refractivity contribution in [2.75, 3.05) is 33.4 Å². The van der Waals surface area contributed by atoms with Gasteiger partial charge >= 0.3 is 5.97 Å². The van der Waals surface area contributed by atoms with Crippen molar-refractivity contribution in [3.63, 3.8) is 0 Å². The number of rotatable bonds is 7. The molecular weight excluding hydrogens is 453 g/mol. The molecule has 0 fully saturated rings. The third-order valence-electron chi connectivity index (χ3n) is 2.64. The molecule has 0 atom stereocenters. The van der Waals surface area contributed by atoms with Gasteiger partial charge in [0.05, 0.1) is 18.8 Å². The summed E-state index contributed by atoms with van der Waals surface area (Å²) in [5, 5.41) is 0. The first-order valence-corrected chi connectivity index (χ1v) is 8.25. The van der Waals surface area contributed by atoms with E-state index in [0.29, 0.717) is 23.2 Å². The summed E-state index contributed by atoms with van der Waals surface area (Å²) < 4.78 is 11.5. The average molecular weight is 470 g/mol. The molecule has 0 radical (unpaired) electrons. The summed E-state index contributed by atoms with van der Waals surface area (Å²) in [4.78, 5) is 25.7. The number of methoxy groups -OCH3 is 1. The van der Waals surface area contributed by atoms with E-state index in [4.69, 9.17) is 9.47 Å². The zero-order valence-corrected chi connectivity index (χ0v) is 15.6. The highest BCUT2D eigenvalue weighted by Crippen LogP contribution is 2.21. The Morgan fingerprint density at radius 3 is 2.71 bits per heavy atom. The van der Waals surface area contributed by atoms with Gasteiger partial charge in [-0.05, 0) is 63.6 Å². The summed E-state index contributed by atoms with van der Waals surface area (Å²) in [6, 6.07) is 5.48. The topological polar surface area (TPSA) is 55.8 Å². The lowest BCUT2D eigenvalue weighted by Gasteiger charge is -2.22. The van der Waals surface area contributed by atoms with E-state index in [0.717, 1.165) is 3.57 Å². The molecule has 0 aliphatic carbocycles. The lowest BCUT2D eigenvalue weighted by atomic mass is 10.2. The van der Waals surface area contributed by atoms with E-state index >= 15 is 0 Å². The van der Waals surface area contributed by atoms with Crippen molar-refractivity contribution in [3.05, 3.63) is 31.8 Å². The minimum atomic E-state index is -0.427. The lowest BCUT2D eigenvalue weighted by Crippen LogP contribution is -2.38. The van der Waals surface area contributed by atoms with E-state index in [-0.39, 0.29) is 19.1 Å². The molecule has 7 heteroatoms. The fraction of sp³-hybridized carbons (Fsp3) is 0.429. The summed E-state index contributed by atoms with van der Waals surface area (Å²) in [6.45, 7) is 2.61. The second kappa shape index (κ2) is 9.37. The minimum Gasteiger partial charge on any atom is -0.465 e. The van der Waals surface area contributed by atoms with Crippen LogP contribution >= 0.6 is 38.5 Å². The van der Waals surface area contributed by atoms with E-state index in [9.17, 15) is 9.59 Å². The second-order valence-corrected chi connectivity index (χ2v) is 6.25. The summed E-state index contributed by atoms with van der Waals surface area (Å²) in [7, 11) is 1.55. The zero-order chi connectivity index (χ0) is 15.8. The number of ether oxygens (including phenoxy) is 2. The predicted molar refractivity (Wildman–Crippen MR) is 91.3 cm³/mol. The molecule has 21 heavy (non-hydrogen) atoms. The third kappa shape index (κ3) is 5.91. The number of nitrogens with zero attached hydrogens (tertiary/aromatic N) is 1. The first kappa shape index (κ1) is 18.4. The standard InChI is InChI=1S/C14H17BrINO4/c1-3-21-13(18)9-17(6-7-20-2)14(19)11-8-10(16)4-5-12(11)15/h4-5,8H,3,6-7,9H2,1-2H3. The van der Waals surface area contributed by atoms with Gasteiger partial charge in [-0.2, -0.15) is 0 Å². The molecule has 1 rings (SSSR count). The molecule has 0 aliphatic heterocycles. The van der Waals surface area contributed by atoms with Crippen LogP contribution in [0.15, 0.2) is 22.7 Å². The normalized spacial score (nSPS) is 10.3. The number of esters is 1. The van der Waals surface area contributed by atoms with Crippen LogP contribution in [0.4, 0.5) is 0 Å². The maximum absolute atomic E-state index is 12.6. The highest BCUT2D eigenvalue weighted by Gasteiger charge is 2.21. The number of carbonyl (C=O) groups excluding carboxylic acids is 2. The molecule has 0 saturated carbocycles. The Kier molecular flexibility index (Phi) is 8.20. The number of carbonyl (C=O) groups is 2. The summed E-state index contributed by atoms with van der Waals surface area (Å²) in [5.41, 5.74) is 0.516. The van der Waals surface area contributed by atoms with E-state index in [1.165, 1.54) is 4.90 Å². The van der Waals surface area contributed by atoms with Crippen molar-refractivity contribution in [1.29, 1.82) is 0 Å². The van der Waals surface area contributed by atoms with Crippen LogP contribution in [-0.4, -0.2) is 50.2 Å². The fourth-order valence-corrected chi connectivity index (χ4v) is 2.56. The van der Waals surface area contributed by atoms with Gasteiger partial charge in [0.25, 0.3) is 5.91 Å². The Bertz CT molecular complexity index is 510. The van der Waals surface area contributed by atoms with Crippen LogP contribution in [-0.2, 0) is 14.3 Å². The monoisotopic (exact) mass is 469 g/mol. The molecule has 0 heterocycles. The molecule has 0 N–H and O–H groups in total. The van der Waals surface area contributed by atoms with Gasteiger partial charge < -0.3 is 14.4 Å². The van der Waals surface area contributed by atoms with Crippen molar-refractivity contribution in [3.8, 4) is 0 Å². The molecule has 1 amide bonds. The third-order valence-corrected chi connectivity index (χ3v) is 4.00. The number of hydrogen-bond acceptors (Lipinski definition) is 4. The summed E-state index contributed by atoms with van der Waals surface area (Å²) >= 11 is 5.50. The fourth-order valence-electron chi connectivity index (χ4n) is 1.65. The molecule has 0 unspecified atom stereocenters. The smallest absolute Gasteiger partial charge is 0.325 e. The zero-order valence-electron chi connectivity index (χ0n) is 11.9. The van der Waals surface area contributed by atoms with Gasteiger partial charge in [0, 0.05) is 21.7 Å². The number of hydrogen-bond donors (Lipinski definition) is 0. The van der Waals surface area contributed by atoms with Gasteiger partial charge in [-0.25, -0.2) is 0 Å². The van der Waals surface area contributed by atoms with Crippen LogP contribution < -0.4 is 0 Å². The Hall–Kier alpha value is -0.670. The van der Waals surface area contributed by atoms with Crippen LogP contribution in [0.25, 0.3) is 0 Å². The number of benzene rings is 1. The Balaban J connectivity index is 2.92. The molecule has 0 saturated heterocycles. The largest absolute Gasteiger partial charge is 0.465 e. The van der Waals surface area contributed by atoms with Crippen LogP contribution in [0.5, 0.6) is 0 Å². The summed E-state index contributed by atoms with van der Waals surface area (Å²) in [5.74, 6) is -0.658. The Morgan fingerprint density at radius 1 is 1.38 bits per heavy atom. The van der Waals surface area contributed by atoms with Crippen molar-refractivity contribution >= 4 is 50.4 Å². The molecular formula is C14H17BrINO4. The van der Waals surface area contributed by atoms with E-state index in [2.05, 4.69) is 38.5 Å². The van der Waals surface area contributed by atoms with Crippen LogP contribution in [0.3, 0.4) is 0 Å². The van der Waals surface area contributed by atoms with Gasteiger partial charge in [0.1, 0.15) is 6.54 Å². The quantitative estimate of drug-likeness (QED) is 0.455. The van der Waals surface area contributed by atoms with Crippen LogP contribution in [0.1, 0.15) is 17.3 Å². The van der Waals surface area contributed by atoms with Gasteiger partial charge in [-0.3, -0.25) is 9.59 Å². The predicted octanol–water partition coefficient (Wildman–Crippen LogP) is 2.71. The molecule has 1 aromatic rings. The van der Waals surface area contributed by atoms with Crippen LogP contribution in [0.2, 0.25) is 0 Å². The molecule has 0 bridgehead atoms. The lowest BCUT2D eigenvalue weighted by molar-refractivity contribution is -0.143. The SMILES string of the molecule is CCOC(=O)CN(CCOC)C(=O)c1cc(I)ccc1Br. The highest BCUT2D eigenvalue weighted by molar-refractivity contribution is 14.1. The summed E-state index contributed by atoms with van der Waals surface area (Å²) in [6.07, 6.45) is 0. The maximum atomic E-state index is 12.6. The molecule has 0 aliphatic rings. The van der Waals surface area contributed by atoms with Crippen molar-refractivity contribution in [1.82, 2.24) is 4.90 Å². The van der Waals surface area contributed by atoms with Crippen molar-refractivity contribution in [2.45, 2.75) is 6.92 Å².